The van der Waals surface area contributed by atoms with E-state index in [0.29, 0.717) is 88.2 Å². The van der Waals surface area contributed by atoms with Crippen LogP contribution in [0.25, 0.3) is 22.5 Å². The van der Waals surface area contributed by atoms with Crippen molar-refractivity contribution in [3.63, 3.8) is 0 Å². The number of aliphatic carboxylic acids is 3. The number of benzene rings is 2. The molecule has 474 valence electrons. The monoisotopic (exact) mass is 1240 g/mol. The minimum absolute atomic E-state index is 0.179. The number of carboxylic acid groups (broad SMARTS) is 3. The molecule has 0 aliphatic carbocycles. The first kappa shape index (κ1) is 63.0. The van der Waals surface area contributed by atoms with Crippen LogP contribution in [-0.2, 0) is 72.6 Å². The summed E-state index contributed by atoms with van der Waals surface area (Å²) < 4.78 is 29.8. The molecule has 89 heavy (non-hydrogen) atoms. The van der Waals surface area contributed by atoms with E-state index in [-0.39, 0.29) is 51.0 Å². The van der Waals surface area contributed by atoms with Crippen LogP contribution in [0.5, 0.6) is 0 Å². The maximum absolute atomic E-state index is 13.8. The number of nitrogens with one attached hydrogen (secondary N) is 6. The molecule has 5 aromatic rings. The lowest BCUT2D eigenvalue weighted by molar-refractivity contribution is -0.159. The van der Waals surface area contributed by atoms with Gasteiger partial charge in [-0.1, -0.05) is 30.3 Å². The predicted molar refractivity (Wildman–Crippen MR) is 340 cm³/mol. The second-order valence-corrected chi connectivity index (χ2v) is 27.1. The number of likely N-dealkylation sites (tertiary alicyclic amines) is 3. The lowest BCUT2D eigenvalue weighted by atomic mass is 9.90. The van der Waals surface area contributed by atoms with Crippen LogP contribution in [-0.4, -0.2) is 172 Å². The number of fused-ring (bicyclic) bond motifs is 3. The van der Waals surface area contributed by atoms with Crippen molar-refractivity contribution < 1.29 is 47.7 Å². The highest BCUT2D eigenvalue weighted by atomic mass is 32.2. The zero-order chi connectivity index (χ0) is 62.3. The summed E-state index contributed by atoms with van der Waals surface area (Å²) in [5.74, 6) is -2.17. The fourth-order valence-corrected chi connectivity index (χ4v) is 15.5. The molecule has 2 amide bonds. The van der Waals surface area contributed by atoms with E-state index in [0.717, 1.165) is 120 Å². The van der Waals surface area contributed by atoms with Crippen molar-refractivity contribution in [1.82, 2.24) is 39.7 Å². The Kier molecular flexibility index (Phi) is 19.9. The molecule has 0 saturated carbocycles. The number of pyridine rings is 3. The summed E-state index contributed by atoms with van der Waals surface area (Å²) in [6.45, 7) is 8.48. The third-order valence-corrected chi connectivity index (χ3v) is 21.1. The minimum atomic E-state index is -3.63. The first-order chi connectivity index (χ1) is 43.0. The van der Waals surface area contributed by atoms with Crippen LogP contribution in [0.2, 0.25) is 0 Å². The van der Waals surface area contributed by atoms with Crippen molar-refractivity contribution in [1.29, 1.82) is 0 Å². The number of hydrogen-bond donors (Lipinski definition) is 9. The van der Waals surface area contributed by atoms with Gasteiger partial charge in [0.05, 0.1) is 16.6 Å². The summed E-state index contributed by atoms with van der Waals surface area (Å²) in [6.07, 6.45) is 9.18. The summed E-state index contributed by atoms with van der Waals surface area (Å²) in [4.78, 5) is 86.6. The van der Waals surface area contributed by atoms with E-state index in [9.17, 15) is 47.7 Å². The van der Waals surface area contributed by atoms with E-state index in [1.165, 1.54) is 11.1 Å². The molecule has 3 fully saturated rings. The van der Waals surface area contributed by atoms with Gasteiger partial charge in [-0.25, -0.2) is 28.1 Å². The summed E-state index contributed by atoms with van der Waals surface area (Å²) in [5.41, 5.74) is 11.8. The number of carbonyl (C=O) groups is 5. The Balaban J connectivity index is 0.665. The number of aryl methyl sites for hydroxylation is 5. The number of aromatic nitrogens is 3. The van der Waals surface area contributed by atoms with Gasteiger partial charge in [-0.3, -0.25) is 38.7 Å². The molecule has 3 atom stereocenters. The van der Waals surface area contributed by atoms with Gasteiger partial charge in [0.15, 0.2) is 0 Å². The lowest BCUT2D eigenvalue weighted by Crippen LogP contribution is -2.62. The van der Waals surface area contributed by atoms with Crippen LogP contribution in [0.15, 0.2) is 66.7 Å². The van der Waals surface area contributed by atoms with Crippen LogP contribution in [0.4, 0.5) is 23.1 Å². The molecule has 6 aliphatic rings. The number of piperidine rings is 3. The van der Waals surface area contributed by atoms with Gasteiger partial charge in [0, 0.05) is 80.2 Å². The average Bonchev–Trinajstić information content (AvgIpc) is 1.39. The molecule has 0 bridgehead atoms. The average molecular weight is 1240 g/mol. The number of nitrogens with zero attached hydrogens (tertiary/aromatic N) is 6. The zero-order valence-electron chi connectivity index (χ0n) is 51.0. The fraction of sp³-hybridized carbons (Fsp3) is 0.515. The number of hydrogen-bond acceptors (Lipinski definition) is 16. The third kappa shape index (κ3) is 14.9. The van der Waals surface area contributed by atoms with Gasteiger partial charge in [0.1, 0.15) is 35.6 Å². The Hall–Kier alpha value is -7.57. The van der Waals surface area contributed by atoms with Crippen molar-refractivity contribution in [3.8, 4) is 22.5 Å². The molecular formula is C66H84N12O10S. The Bertz CT molecular complexity index is 3560. The molecule has 23 heteroatoms. The maximum Gasteiger partial charge on any atom is 0.323 e. The van der Waals surface area contributed by atoms with Crippen LogP contribution in [0.1, 0.15) is 109 Å². The van der Waals surface area contributed by atoms with E-state index in [1.54, 1.807) is 9.80 Å². The number of rotatable bonds is 22. The molecule has 3 aromatic heterocycles. The molecule has 22 nitrogen and oxygen atoms in total. The number of carbonyl (C=O) groups excluding carboxylic acids is 2. The molecule has 11 rings (SSSR count). The molecule has 0 radical (unpaired) electrons. The first-order valence-electron chi connectivity index (χ1n) is 31.9. The summed E-state index contributed by atoms with van der Waals surface area (Å²) in [5, 5.41) is 47.7. The molecule has 0 spiro atoms. The molecule has 9 N–H and O–H groups in total. The maximum atomic E-state index is 13.8. The predicted octanol–water partition coefficient (Wildman–Crippen LogP) is 6.49. The molecule has 3 saturated heterocycles. The number of anilines is 4. The first-order valence-corrected chi connectivity index (χ1v) is 33.4. The number of sulfonamides is 1. The summed E-state index contributed by atoms with van der Waals surface area (Å²) in [6, 6.07) is 18.2. The number of amides is 2. The zero-order valence-corrected chi connectivity index (χ0v) is 51.8. The normalized spacial score (nSPS) is 19.0. The van der Waals surface area contributed by atoms with E-state index in [2.05, 4.69) is 43.4 Å². The van der Waals surface area contributed by atoms with E-state index < -0.39 is 63.1 Å². The van der Waals surface area contributed by atoms with Crippen molar-refractivity contribution in [2.24, 2.45) is 11.8 Å². The van der Waals surface area contributed by atoms with Crippen molar-refractivity contribution in [2.45, 2.75) is 140 Å². The fourth-order valence-electron chi connectivity index (χ4n) is 14.0. The highest BCUT2D eigenvalue weighted by Gasteiger charge is 2.45. The van der Waals surface area contributed by atoms with Crippen LogP contribution in [0, 0.1) is 25.7 Å². The van der Waals surface area contributed by atoms with Gasteiger partial charge in [-0.2, -0.15) is 0 Å². The second-order valence-electron chi connectivity index (χ2n) is 25.0. The second kappa shape index (κ2) is 28.1. The van der Waals surface area contributed by atoms with Gasteiger partial charge in [0.25, 0.3) is 0 Å². The van der Waals surface area contributed by atoms with Gasteiger partial charge in [-0.05, 0) is 212 Å². The molecular weight excluding hydrogens is 1150 g/mol. The smallest absolute Gasteiger partial charge is 0.323 e. The lowest BCUT2D eigenvalue weighted by Gasteiger charge is -2.42. The molecule has 2 aromatic carbocycles. The van der Waals surface area contributed by atoms with Crippen LogP contribution in [0.3, 0.4) is 0 Å². The standard InChI is InChI=1S/C66H84N12O10S/c1-40-11-13-42(35-52(40)55-36-47(51-10-6-27-69-61(51)75-55)37-56(64(81)82)76-33-23-50(24-34-76)89(87,88)71-28-5-9-48-17-14-43-7-3-25-67-59(43)72-48)39-70-62(79)45-19-29-77(30-20-45)57(65(83)84)58(66(85)86)78-31-21-46(22-32-78)63(80)73-49-16-12-41(2)53(38-49)54-18-15-44-8-4-26-68-60(44)74-54/h11-18,35-36,38,45-46,50,56-58,71H,3-10,19-34,37,39H2,1-2H3,(H,67,72)(H,68,74)(H,69,75)(H,70,79)(H,73,80)(H,81,82)(H,83,84)(H,85,86). The molecule has 3 unspecified atom stereocenters. The Morgan fingerprint density at radius 2 is 1.17 bits per heavy atom. The van der Waals surface area contributed by atoms with Crippen LogP contribution < -0.4 is 31.3 Å². The van der Waals surface area contributed by atoms with E-state index in [4.69, 9.17) is 15.0 Å². The Labute approximate surface area is 520 Å². The van der Waals surface area contributed by atoms with E-state index >= 15 is 0 Å². The third-order valence-electron chi connectivity index (χ3n) is 19.1. The summed E-state index contributed by atoms with van der Waals surface area (Å²) >= 11 is 0. The van der Waals surface area contributed by atoms with Gasteiger partial charge >= 0.3 is 17.9 Å². The van der Waals surface area contributed by atoms with Crippen molar-refractivity contribution >= 4 is 62.9 Å². The van der Waals surface area contributed by atoms with Crippen molar-refractivity contribution in [3.05, 3.63) is 111 Å². The minimum Gasteiger partial charge on any atom is -0.480 e. The van der Waals surface area contributed by atoms with Crippen LogP contribution >= 0.6 is 0 Å². The highest BCUT2D eigenvalue weighted by Crippen LogP contribution is 2.35. The number of carboxylic acids is 3. The highest BCUT2D eigenvalue weighted by molar-refractivity contribution is 7.90. The van der Waals surface area contributed by atoms with Gasteiger partial charge < -0.3 is 41.9 Å². The summed E-state index contributed by atoms with van der Waals surface area (Å²) in [7, 11) is -3.63. The topological polar surface area (TPSA) is 301 Å². The quantitative estimate of drug-likeness (QED) is 0.0334. The molecule has 9 heterocycles. The van der Waals surface area contributed by atoms with Gasteiger partial charge in [0.2, 0.25) is 21.8 Å². The van der Waals surface area contributed by atoms with E-state index in [1.807, 2.05) is 73.3 Å². The van der Waals surface area contributed by atoms with Gasteiger partial charge in [-0.15, -0.1) is 0 Å². The molecule has 6 aliphatic heterocycles. The largest absolute Gasteiger partial charge is 0.480 e. The van der Waals surface area contributed by atoms with Crippen molar-refractivity contribution in [2.75, 3.05) is 86.7 Å². The SMILES string of the molecule is Cc1ccc(NC(=O)C2CCN(C(C(=O)O)C(C(=O)O)N3CCC(C(=O)NCc4ccc(C)c(-c5cc(CC(C(=O)O)N6CCC(S(=O)(=O)NCCCc7ccc8c(n7)NCCC8)CC6)c6c(n5)NCCC6)c4)CC3)CC2)cc1-c1ccc2c(n1)NCCC2. The Morgan fingerprint density at radius 1 is 0.607 bits per heavy atom. The Morgan fingerprint density at radius 3 is 1.81 bits per heavy atom.